The molecule has 0 atom stereocenters. The molecule has 0 saturated carbocycles. The van der Waals surface area contributed by atoms with Crippen molar-refractivity contribution in [3.05, 3.63) is 65.8 Å². The molecule has 0 aliphatic heterocycles. The molecule has 3 aromatic rings. The van der Waals surface area contributed by atoms with Crippen molar-refractivity contribution in [1.82, 2.24) is 4.98 Å². The van der Waals surface area contributed by atoms with E-state index in [1.54, 1.807) is 43.5 Å². The van der Waals surface area contributed by atoms with Crippen LogP contribution in [0.15, 0.2) is 58.7 Å². The van der Waals surface area contributed by atoms with Gasteiger partial charge in [-0.15, -0.1) is 0 Å². The van der Waals surface area contributed by atoms with Crippen LogP contribution in [0.2, 0.25) is 0 Å². The summed E-state index contributed by atoms with van der Waals surface area (Å²) in [4.78, 5) is 16.6. The Morgan fingerprint density at radius 1 is 1.25 bits per heavy atom. The molecule has 1 N–H and O–H groups in total. The maximum Gasteiger partial charge on any atom is 0.266 e. The van der Waals surface area contributed by atoms with Crippen molar-refractivity contribution in [2.45, 2.75) is 6.92 Å². The van der Waals surface area contributed by atoms with Crippen molar-refractivity contribution in [2.24, 2.45) is 0 Å². The number of nitrogens with zero attached hydrogens (tertiary/aromatic N) is 2. The molecule has 0 fully saturated rings. The lowest BCUT2D eigenvalue weighted by Gasteiger charge is -2.07. The molecule has 0 aliphatic rings. The second-order valence-electron chi connectivity index (χ2n) is 4.95. The number of nitriles is 1. The van der Waals surface area contributed by atoms with E-state index in [0.717, 1.165) is 10.9 Å². The molecule has 0 unspecified atom stereocenters. The van der Waals surface area contributed by atoms with Crippen LogP contribution in [0.3, 0.4) is 0 Å². The normalized spacial score (nSPS) is 10.8. The zero-order chi connectivity index (χ0) is 16.2. The van der Waals surface area contributed by atoms with Crippen molar-refractivity contribution in [1.29, 1.82) is 5.26 Å². The zero-order valence-corrected chi connectivity index (χ0v) is 13.5. The van der Waals surface area contributed by atoms with Crippen molar-refractivity contribution in [2.75, 3.05) is 5.32 Å². The third-order valence-electron chi connectivity index (χ3n) is 3.31. The standard InChI is InChI=1S/C18H13N3O2.ClH/c1-12-7-8-14(23-12)10-13(11-19)18(22)21-17-6-2-5-16-15(17)4-3-9-20-16;/h2-10H,1H3,(H,21,22);1H/p-1/b13-10+;. The van der Waals surface area contributed by atoms with Crippen LogP contribution in [0.25, 0.3) is 17.0 Å². The minimum Gasteiger partial charge on any atom is -1.00 e. The summed E-state index contributed by atoms with van der Waals surface area (Å²) in [6.45, 7) is 1.80. The Morgan fingerprint density at radius 2 is 2.08 bits per heavy atom. The Labute approximate surface area is 145 Å². The Bertz CT molecular complexity index is 949. The van der Waals surface area contributed by atoms with Crippen molar-refractivity contribution < 1.29 is 21.6 Å². The highest BCUT2D eigenvalue weighted by Crippen LogP contribution is 2.22. The minimum absolute atomic E-state index is 0. The van der Waals surface area contributed by atoms with Crippen LogP contribution in [-0.2, 0) is 4.79 Å². The Hall–Kier alpha value is -3.10. The lowest BCUT2D eigenvalue weighted by molar-refractivity contribution is -0.112. The molecule has 2 heterocycles. The fourth-order valence-electron chi connectivity index (χ4n) is 2.22. The van der Waals surface area contributed by atoms with Crippen molar-refractivity contribution >= 4 is 28.6 Å². The monoisotopic (exact) mass is 338 g/mol. The summed E-state index contributed by atoms with van der Waals surface area (Å²) in [6, 6.07) is 14.5. The number of halogens is 1. The van der Waals surface area contributed by atoms with Gasteiger partial charge in [-0.2, -0.15) is 5.26 Å². The Kier molecular flexibility index (Phi) is 5.35. The number of anilines is 1. The fourth-order valence-corrected chi connectivity index (χ4v) is 2.22. The lowest BCUT2D eigenvalue weighted by Crippen LogP contribution is -3.00. The molecular formula is C18H13ClN3O2-. The van der Waals surface area contributed by atoms with Crippen LogP contribution in [-0.4, -0.2) is 10.9 Å². The number of carbonyl (C=O) groups excluding carboxylic acids is 1. The third kappa shape index (κ3) is 3.62. The molecule has 3 rings (SSSR count). The van der Waals surface area contributed by atoms with Gasteiger partial charge >= 0.3 is 0 Å². The smallest absolute Gasteiger partial charge is 0.266 e. The number of aryl methyl sites for hydroxylation is 1. The number of aromatic nitrogens is 1. The van der Waals surface area contributed by atoms with Crippen LogP contribution in [0.5, 0.6) is 0 Å². The van der Waals surface area contributed by atoms with Gasteiger partial charge in [0, 0.05) is 17.7 Å². The maximum atomic E-state index is 12.3. The minimum atomic E-state index is -0.488. The number of rotatable bonds is 3. The van der Waals surface area contributed by atoms with E-state index in [-0.39, 0.29) is 18.0 Å². The van der Waals surface area contributed by atoms with Gasteiger partial charge in [-0.25, -0.2) is 0 Å². The Morgan fingerprint density at radius 3 is 2.79 bits per heavy atom. The molecule has 2 aromatic heterocycles. The van der Waals surface area contributed by atoms with Crippen LogP contribution in [0.4, 0.5) is 5.69 Å². The average Bonchev–Trinajstić information content (AvgIpc) is 2.98. The SMILES string of the molecule is Cc1ccc(/C=C(\C#N)C(=O)Nc2cccc3ncccc23)o1.[Cl-]. The van der Waals surface area contributed by atoms with E-state index in [2.05, 4.69) is 10.3 Å². The third-order valence-corrected chi connectivity index (χ3v) is 3.31. The van der Waals surface area contributed by atoms with E-state index in [4.69, 9.17) is 4.42 Å². The van der Waals surface area contributed by atoms with Gasteiger partial charge < -0.3 is 22.1 Å². The molecule has 1 amide bonds. The Balaban J connectivity index is 0.00000208. The summed E-state index contributed by atoms with van der Waals surface area (Å²) in [5, 5.41) is 12.8. The predicted molar refractivity (Wildman–Crippen MR) is 87.4 cm³/mol. The van der Waals surface area contributed by atoms with Crippen LogP contribution in [0.1, 0.15) is 11.5 Å². The quantitative estimate of drug-likeness (QED) is 0.563. The molecule has 0 aliphatic carbocycles. The number of fused-ring (bicyclic) bond motifs is 1. The second-order valence-corrected chi connectivity index (χ2v) is 4.95. The summed E-state index contributed by atoms with van der Waals surface area (Å²) in [6.07, 6.45) is 3.11. The molecule has 0 saturated heterocycles. The molecular weight excluding hydrogens is 326 g/mol. The highest BCUT2D eigenvalue weighted by molar-refractivity contribution is 6.12. The van der Waals surface area contributed by atoms with E-state index in [1.807, 2.05) is 18.2 Å². The summed E-state index contributed by atoms with van der Waals surface area (Å²) in [5.41, 5.74) is 1.35. The number of benzene rings is 1. The first-order valence-electron chi connectivity index (χ1n) is 7.01. The number of hydrogen-bond donors (Lipinski definition) is 1. The average molecular weight is 339 g/mol. The number of amides is 1. The summed E-state index contributed by atoms with van der Waals surface area (Å²) in [7, 11) is 0. The van der Waals surface area contributed by atoms with E-state index in [0.29, 0.717) is 17.2 Å². The van der Waals surface area contributed by atoms with Gasteiger partial charge in [0.15, 0.2) is 0 Å². The molecule has 5 nitrogen and oxygen atoms in total. The first-order valence-corrected chi connectivity index (χ1v) is 7.01. The van der Waals surface area contributed by atoms with Crippen molar-refractivity contribution in [3.8, 4) is 6.07 Å². The molecule has 0 spiro atoms. The van der Waals surface area contributed by atoms with Crippen LogP contribution >= 0.6 is 0 Å². The van der Waals surface area contributed by atoms with Gasteiger partial charge in [-0.1, -0.05) is 6.07 Å². The van der Waals surface area contributed by atoms with E-state index in [9.17, 15) is 10.1 Å². The van der Waals surface area contributed by atoms with Gasteiger partial charge in [0.1, 0.15) is 23.2 Å². The second kappa shape index (κ2) is 7.44. The highest BCUT2D eigenvalue weighted by Gasteiger charge is 2.12. The topological polar surface area (TPSA) is 78.9 Å². The molecule has 0 bridgehead atoms. The van der Waals surface area contributed by atoms with Crippen LogP contribution < -0.4 is 17.7 Å². The largest absolute Gasteiger partial charge is 1.00 e. The van der Waals surface area contributed by atoms with E-state index in [1.165, 1.54) is 6.08 Å². The molecule has 120 valence electrons. The van der Waals surface area contributed by atoms with Gasteiger partial charge in [-0.05, 0) is 43.3 Å². The number of hydrogen-bond acceptors (Lipinski definition) is 4. The van der Waals surface area contributed by atoms with Gasteiger partial charge in [0.05, 0.1) is 11.2 Å². The molecule has 24 heavy (non-hydrogen) atoms. The zero-order valence-electron chi connectivity index (χ0n) is 12.8. The maximum absolute atomic E-state index is 12.3. The number of furan rings is 1. The fraction of sp³-hybridized carbons (Fsp3) is 0.0556. The van der Waals surface area contributed by atoms with E-state index < -0.39 is 5.91 Å². The molecule has 0 radical (unpaired) electrons. The summed E-state index contributed by atoms with van der Waals surface area (Å²) >= 11 is 0. The van der Waals surface area contributed by atoms with Gasteiger partial charge in [0.25, 0.3) is 5.91 Å². The number of nitrogens with one attached hydrogen (secondary N) is 1. The summed E-state index contributed by atoms with van der Waals surface area (Å²) in [5.74, 6) is 0.695. The number of carbonyl (C=O) groups is 1. The van der Waals surface area contributed by atoms with Gasteiger partial charge in [0.2, 0.25) is 0 Å². The predicted octanol–water partition coefficient (Wildman–Crippen LogP) is 0.686. The van der Waals surface area contributed by atoms with Crippen LogP contribution in [0, 0.1) is 18.3 Å². The molecule has 1 aromatic carbocycles. The number of pyridine rings is 1. The lowest BCUT2D eigenvalue weighted by atomic mass is 10.1. The van der Waals surface area contributed by atoms with E-state index >= 15 is 0 Å². The first kappa shape index (κ1) is 17.3. The van der Waals surface area contributed by atoms with Gasteiger partial charge in [-0.3, -0.25) is 9.78 Å². The first-order chi connectivity index (χ1) is 11.2. The highest BCUT2D eigenvalue weighted by atomic mass is 35.5. The molecule has 6 heteroatoms. The van der Waals surface area contributed by atoms with Crippen molar-refractivity contribution in [3.63, 3.8) is 0 Å². The summed E-state index contributed by atoms with van der Waals surface area (Å²) < 4.78 is 5.37.